The standard InChI is InChI=1S/C9H13N11/c10-16-12-3-8-1-2-15-19(8)7-9(4-13-17-11)5-14-18-20(9)6-8/h2H,1,3-7H2. The van der Waals surface area contributed by atoms with Crippen LogP contribution in [0.1, 0.15) is 6.42 Å². The zero-order chi connectivity index (χ0) is 14.1. The first kappa shape index (κ1) is 12.5. The van der Waals surface area contributed by atoms with Crippen molar-refractivity contribution < 1.29 is 0 Å². The molecule has 3 aliphatic heterocycles. The lowest BCUT2D eigenvalue weighted by atomic mass is 9.86. The highest BCUT2D eigenvalue weighted by atomic mass is 15.7. The summed E-state index contributed by atoms with van der Waals surface area (Å²) >= 11 is 0. The topological polar surface area (TPSA) is 141 Å². The molecule has 0 aromatic carbocycles. The summed E-state index contributed by atoms with van der Waals surface area (Å²) in [5.41, 5.74) is 16.3. The van der Waals surface area contributed by atoms with Crippen LogP contribution < -0.4 is 0 Å². The molecule has 11 heteroatoms. The fourth-order valence-corrected chi connectivity index (χ4v) is 2.90. The van der Waals surface area contributed by atoms with E-state index in [-0.39, 0.29) is 5.54 Å². The number of hydrogen-bond acceptors (Lipinski definition) is 7. The molecule has 0 radical (unpaired) electrons. The van der Waals surface area contributed by atoms with E-state index in [4.69, 9.17) is 11.1 Å². The maximum Gasteiger partial charge on any atom is 0.106 e. The normalized spacial score (nSPS) is 33.4. The van der Waals surface area contributed by atoms with E-state index in [0.29, 0.717) is 39.1 Å². The van der Waals surface area contributed by atoms with E-state index in [1.54, 1.807) is 0 Å². The van der Waals surface area contributed by atoms with E-state index in [2.05, 4.69) is 35.5 Å². The van der Waals surface area contributed by atoms with Crippen LogP contribution in [0.4, 0.5) is 0 Å². The Kier molecular flexibility index (Phi) is 2.85. The molecule has 0 amide bonds. The Labute approximate surface area is 114 Å². The number of azide groups is 2. The Bertz CT molecular complexity index is 506. The lowest BCUT2D eigenvalue weighted by molar-refractivity contribution is -0.0494. The predicted molar refractivity (Wildman–Crippen MR) is 69.7 cm³/mol. The maximum atomic E-state index is 8.56. The minimum absolute atomic E-state index is 0.292. The first-order chi connectivity index (χ1) is 9.75. The highest BCUT2D eigenvalue weighted by Crippen LogP contribution is 2.39. The van der Waals surface area contributed by atoms with Crippen LogP contribution in [0.15, 0.2) is 25.7 Å². The van der Waals surface area contributed by atoms with Crippen LogP contribution in [0.2, 0.25) is 0 Å². The van der Waals surface area contributed by atoms with Crippen molar-refractivity contribution in [2.75, 3.05) is 32.7 Å². The first-order valence-electron chi connectivity index (χ1n) is 6.22. The van der Waals surface area contributed by atoms with Gasteiger partial charge in [0.1, 0.15) is 5.54 Å². The lowest BCUT2D eigenvalue weighted by Gasteiger charge is -2.51. The molecule has 0 aliphatic carbocycles. The third-order valence-electron chi connectivity index (χ3n) is 4.07. The number of nitrogens with zero attached hydrogens (tertiary/aromatic N) is 11. The summed E-state index contributed by atoms with van der Waals surface area (Å²) in [4.78, 5) is 5.67. The molecule has 1 saturated heterocycles. The molecule has 0 spiro atoms. The third kappa shape index (κ3) is 1.72. The molecule has 11 nitrogen and oxygen atoms in total. The van der Waals surface area contributed by atoms with Crippen molar-refractivity contribution in [3.63, 3.8) is 0 Å². The highest BCUT2D eigenvalue weighted by molar-refractivity contribution is 5.62. The molecule has 104 valence electrons. The van der Waals surface area contributed by atoms with Gasteiger partial charge in [0.2, 0.25) is 0 Å². The summed E-state index contributed by atoms with van der Waals surface area (Å²) in [7, 11) is 0. The predicted octanol–water partition coefficient (Wildman–Crippen LogP) is 1.47. The van der Waals surface area contributed by atoms with Gasteiger partial charge in [-0.05, 0) is 11.1 Å². The van der Waals surface area contributed by atoms with Crippen molar-refractivity contribution >= 4 is 6.21 Å². The summed E-state index contributed by atoms with van der Waals surface area (Å²) in [5.74, 6) is 0. The Hall–Kier alpha value is -2.51. The van der Waals surface area contributed by atoms with Crippen molar-refractivity contribution in [3.05, 3.63) is 20.9 Å². The molecule has 3 aliphatic rings. The zero-order valence-electron chi connectivity index (χ0n) is 10.7. The van der Waals surface area contributed by atoms with E-state index in [0.717, 1.165) is 0 Å². The van der Waals surface area contributed by atoms with Crippen LogP contribution in [0, 0.1) is 0 Å². The second-order valence-electron chi connectivity index (χ2n) is 5.23. The summed E-state index contributed by atoms with van der Waals surface area (Å²) < 4.78 is 0. The minimum atomic E-state index is -0.437. The Morgan fingerprint density at radius 2 is 1.80 bits per heavy atom. The summed E-state index contributed by atoms with van der Waals surface area (Å²) in [5, 5.41) is 23.8. The second kappa shape index (κ2) is 4.55. The first-order valence-corrected chi connectivity index (χ1v) is 6.22. The largest absolute Gasteiger partial charge is 0.286 e. The van der Waals surface area contributed by atoms with E-state index >= 15 is 0 Å². The Balaban J connectivity index is 1.89. The van der Waals surface area contributed by atoms with Crippen LogP contribution in [-0.4, -0.2) is 60.0 Å². The molecular formula is C9H13N11. The summed E-state index contributed by atoms with van der Waals surface area (Å²) in [6, 6.07) is 0. The van der Waals surface area contributed by atoms with Gasteiger partial charge in [-0.25, -0.2) is 0 Å². The van der Waals surface area contributed by atoms with Gasteiger partial charge < -0.3 is 0 Å². The fourth-order valence-electron chi connectivity index (χ4n) is 2.90. The van der Waals surface area contributed by atoms with Crippen LogP contribution >= 0.6 is 0 Å². The number of fused-ring (bicyclic) bond motifs is 2. The summed E-state index contributed by atoms with van der Waals surface area (Å²) in [6.45, 7) is 2.20. The number of hydrazone groups is 1. The van der Waals surface area contributed by atoms with Crippen LogP contribution in [0.3, 0.4) is 0 Å². The highest BCUT2D eigenvalue weighted by Gasteiger charge is 2.54. The van der Waals surface area contributed by atoms with Gasteiger partial charge in [-0.2, -0.15) is 10.2 Å². The quantitative estimate of drug-likeness (QED) is 0.435. The van der Waals surface area contributed by atoms with Crippen molar-refractivity contribution in [2.24, 2.45) is 25.7 Å². The lowest BCUT2D eigenvalue weighted by Crippen LogP contribution is -2.69. The minimum Gasteiger partial charge on any atom is -0.286 e. The average molecular weight is 275 g/mol. The molecule has 2 unspecified atom stereocenters. The average Bonchev–Trinajstić information content (AvgIpc) is 3.03. The van der Waals surface area contributed by atoms with Gasteiger partial charge in [-0.15, -0.1) is 0 Å². The monoisotopic (exact) mass is 275 g/mol. The molecule has 0 aromatic rings. The van der Waals surface area contributed by atoms with Gasteiger partial charge in [0.15, 0.2) is 0 Å². The van der Waals surface area contributed by atoms with E-state index < -0.39 is 5.54 Å². The second-order valence-corrected chi connectivity index (χ2v) is 5.23. The van der Waals surface area contributed by atoms with Crippen molar-refractivity contribution in [3.8, 4) is 0 Å². The van der Waals surface area contributed by atoms with Gasteiger partial charge in [-0.1, -0.05) is 15.5 Å². The van der Waals surface area contributed by atoms with Gasteiger partial charge >= 0.3 is 0 Å². The number of rotatable bonds is 4. The molecule has 1 fully saturated rings. The summed E-state index contributed by atoms with van der Waals surface area (Å²) in [6.07, 6.45) is 2.53. The molecule has 20 heavy (non-hydrogen) atoms. The van der Waals surface area contributed by atoms with E-state index in [1.807, 2.05) is 16.2 Å². The van der Waals surface area contributed by atoms with Gasteiger partial charge in [0.05, 0.1) is 38.3 Å². The zero-order valence-corrected chi connectivity index (χ0v) is 10.7. The Morgan fingerprint density at radius 1 is 1.10 bits per heavy atom. The van der Waals surface area contributed by atoms with Crippen molar-refractivity contribution in [2.45, 2.75) is 17.5 Å². The van der Waals surface area contributed by atoms with Crippen molar-refractivity contribution in [1.82, 2.24) is 10.0 Å². The van der Waals surface area contributed by atoms with Gasteiger partial charge in [0.25, 0.3) is 0 Å². The smallest absolute Gasteiger partial charge is 0.106 e. The SMILES string of the molecule is [N-]=[N+]=NCC12CC=NN1CC1(CN=[N+]=[N-])CN=NN1C2. The van der Waals surface area contributed by atoms with Crippen LogP contribution in [-0.2, 0) is 0 Å². The van der Waals surface area contributed by atoms with Gasteiger partial charge in [-0.3, -0.25) is 10.0 Å². The molecule has 3 heterocycles. The molecular weight excluding hydrogens is 262 g/mol. The van der Waals surface area contributed by atoms with Gasteiger partial charge in [0, 0.05) is 22.5 Å². The molecule has 0 bridgehead atoms. The fraction of sp³-hybridized carbons (Fsp3) is 0.889. The molecule has 3 rings (SSSR count). The molecule has 2 atom stereocenters. The third-order valence-corrected chi connectivity index (χ3v) is 4.07. The number of hydrogen-bond donors (Lipinski definition) is 0. The van der Waals surface area contributed by atoms with E-state index in [1.165, 1.54) is 0 Å². The van der Waals surface area contributed by atoms with E-state index in [9.17, 15) is 0 Å². The maximum absolute atomic E-state index is 8.56. The molecule has 0 N–H and O–H groups in total. The van der Waals surface area contributed by atoms with Crippen LogP contribution in [0.5, 0.6) is 0 Å². The number of piperazine rings is 1. The van der Waals surface area contributed by atoms with Crippen LogP contribution in [0.25, 0.3) is 20.9 Å². The molecule has 0 saturated carbocycles. The Morgan fingerprint density at radius 3 is 2.55 bits per heavy atom. The van der Waals surface area contributed by atoms with Crippen molar-refractivity contribution in [1.29, 1.82) is 0 Å². The molecule has 0 aromatic heterocycles.